The second kappa shape index (κ2) is 6.28. The Morgan fingerprint density at radius 1 is 1.41 bits per heavy atom. The molecule has 1 saturated carbocycles. The molecule has 5 heteroatoms. The maximum Gasteiger partial charge on any atom is 0.224 e. The highest BCUT2D eigenvalue weighted by Gasteiger charge is 2.29. The van der Waals surface area contributed by atoms with Crippen LogP contribution in [0.15, 0.2) is 5.38 Å². The number of hydrogen-bond donors (Lipinski definition) is 1. The Bertz CT molecular complexity index is 530. The van der Waals surface area contributed by atoms with Crippen molar-refractivity contribution < 1.29 is 4.79 Å². The first-order valence-electron chi connectivity index (χ1n) is 8.39. The van der Waals surface area contributed by atoms with Gasteiger partial charge in [0.1, 0.15) is 0 Å². The Balaban J connectivity index is 1.54. The maximum absolute atomic E-state index is 12.4. The van der Waals surface area contributed by atoms with E-state index >= 15 is 0 Å². The number of amides is 1. The molecule has 1 aliphatic heterocycles. The van der Waals surface area contributed by atoms with Crippen LogP contribution in [0.25, 0.3) is 0 Å². The standard InChI is InChI=1S/C17H27N3OS/c1-17(2,3)19-15(21)13-5-4-8-20(9-13)10-14-11-22-16(18-14)12-6-7-12/h11-13H,4-10H2,1-3H3,(H,19,21). The lowest BCUT2D eigenvalue weighted by Crippen LogP contribution is -2.48. The quantitative estimate of drug-likeness (QED) is 0.926. The van der Waals surface area contributed by atoms with Crippen LogP contribution < -0.4 is 5.32 Å². The van der Waals surface area contributed by atoms with Crippen molar-refractivity contribution in [3.05, 3.63) is 16.1 Å². The highest BCUT2D eigenvalue weighted by atomic mass is 32.1. The van der Waals surface area contributed by atoms with E-state index in [0.29, 0.717) is 0 Å². The molecule has 3 rings (SSSR count). The van der Waals surface area contributed by atoms with Gasteiger partial charge in [-0.05, 0) is 53.0 Å². The fraction of sp³-hybridized carbons (Fsp3) is 0.765. The summed E-state index contributed by atoms with van der Waals surface area (Å²) in [6.45, 7) is 8.96. The number of aromatic nitrogens is 1. The van der Waals surface area contributed by atoms with Crippen LogP contribution >= 0.6 is 11.3 Å². The molecule has 0 spiro atoms. The van der Waals surface area contributed by atoms with Gasteiger partial charge in [0, 0.05) is 29.9 Å². The number of piperidine rings is 1. The average Bonchev–Trinajstić information content (AvgIpc) is 3.18. The van der Waals surface area contributed by atoms with Crippen LogP contribution in [0, 0.1) is 5.92 Å². The Hall–Kier alpha value is -0.940. The number of nitrogens with one attached hydrogen (secondary N) is 1. The summed E-state index contributed by atoms with van der Waals surface area (Å²) in [6, 6.07) is 0. The van der Waals surface area contributed by atoms with Gasteiger partial charge in [0.15, 0.2) is 0 Å². The van der Waals surface area contributed by atoms with Crippen LogP contribution in [0.3, 0.4) is 0 Å². The third-order valence-corrected chi connectivity index (χ3v) is 5.31. The van der Waals surface area contributed by atoms with Gasteiger partial charge >= 0.3 is 0 Å². The molecule has 2 heterocycles. The Morgan fingerprint density at radius 3 is 2.86 bits per heavy atom. The second-order valence-electron chi connectivity index (χ2n) is 7.76. The number of likely N-dealkylation sites (tertiary alicyclic amines) is 1. The van der Waals surface area contributed by atoms with Crippen molar-refractivity contribution in [1.82, 2.24) is 15.2 Å². The Kier molecular flexibility index (Phi) is 4.55. The largest absolute Gasteiger partial charge is 0.351 e. The molecule has 22 heavy (non-hydrogen) atoms. The van der Waals surface area contributed by atoms with Gasteiger partial charge in [0.05, 0.1) is 16.6 Å². The summed E-state index contributed by atoms with van der Waals surface area (Å²) in [5.41, 5.74) is 1.04. The SMILES string of the molecule is CC(C)(C)NC(=O)C1CCCN(Cc2csc(C3CC3)n2)C1. The molecule has 1 saturated heterocycles. The summed E-state index contributed by atoms with van der Waals surface area (Å²) in [5.74, 6) is 1.06. The van der Waals surface area contributed by atoms with Gasteiger partial charge in [0.25, 0.3) is 0 Å². The van der Waals surface area contributed by atoms with Gasteiger partial charge < -0.3 is 5.32 Å². The predicted octanol–water partition coefficient (Wildman–Crippen LogP) is 3.15. The molecular formula is C17H27N3OS. The number of hydrogen-bond acceptors (Lipinski definition) is 4. The van der Waals surface area contributed by atoms with Crippen LogP contribution in [-0.4, -0.2) is 34.4 Å². The van der Waals surface area contributed by atoms with E-state index in [2.05, 4.69) is 15.6 Å². The van der Waals surface area contributed by atoms with Gasteiger partial charge in [-0.3, -0.25) is 9.69 Å². The van der Waals surface area contributed by atoms with E-state index in [0.717, 1.165) is 38.4 Å². The van der Waals surface area contributed by atoms with E-state index in [1.165, 1.54) is 23.5 Å². The molecule has 1 amide bonds. The number of nitrogens with zero attached hydrogens (tertiary/aromatic N) is 2. The average molecular weight is 321 g/mol. The molecule has 1 aromatic heterocycles. The van der Waals surface area contributed by atoms with Crippen molar-refractivity contribution in [3.8, 4) is 0 Å². The fourth-order valence-electron chi connectivity index (χ4n) is 3.03. The van der Waals surface area contributed by atoms with Gasteiger partial charge in [-0.2, -0.15) is 0 Å². The van der Waals surface area contributed by atoms with Crippen LogP contribution in [0.2, 0.25) is 0 Å². The summed E-state index contributed by atoms with van der Waals surface area (Å²) < 4.78 is 0. The van der Waals surface area contributed by atoms with Crippen LogP contribution in [0.4, 0.5) is 0 Å². The van der Waals surface area contributed by atoms with Gasteiger partial charge in [-0.1, -0.05) is 0 Å². The molecule has 1 atom stereocenters. The lowest BCUT2D eigenvalue weighted by atomic mass is 9.95. The minimum atomic E-state index is -0.145. The first kappa shape index (κ1) is 15.9. The molecule has 1 N–H and O–H groups in total. The van der Waals surface area contributed by atoms with Crippen molar-refractivity contribution in [2.45, 2.75) is 64.5 Å². The highest BCUT2D eigenvalue weighted by molar-refractivity contribution is 7.09. The van der Waals surface area contributed by atoms with Crippen molar-refractivity contribution in [2.75, 3.05) is 13.1 Å². The van der Waals surface area contributed by atoms with E-state index in [1.807, 2.05) is 20.8 Å². The lowest BCUT2D eigenvalue weighted by Gasteiger charge is -2.33. The first-order valence-corrected chi connectivity index (χ1v) is 9.27. The fourth-order valence-corrected chi connectivity index (χ4v) is 4.01. The monoisotopic (exact) mass is 321 g/mol. The van der Waals surface area contributed by atoms with Crippen LogP contribution in [0.5, 0.6) is 0 Å². The van der Waals surface area contributed by atoms with Gasteiger partial charge in [-0.25, -0.2) is 4.98 Å². The van der Waals surface area contributed by atoms with Crippen molar-refractivity contribution in [2.24, 2.45) is 5.92 Å². The van der Waals surface area contributed by atoms with E-state index in [9.17, 15) is 4.79 Å². The summed E-state index contributed by atoms with van der Waals surface area (Å²) in [7, 11) is 0. The lowest BCUT2D eigenvalue weighted by molar-refractivity contribution is -0.128. The zero-order valence-electron chi connectivity index (χ0n) is 13.9. The van der Waals surface area contributed by atoms with Crippen molar-refractivity contribution in [3.63, 3.8) is 0 Å². The smallest absolute Gasteiger partial charge is 0.224 e. The Labute approximate surface area is 137 Å². The maximum atomic E-state index is 12.4. The molecular weight excluding hydrogens is 294 g/mol. The molecule has 1 aromatic rings. The van der Waals surface area contributed by atoms with E-state index in [1.54, 1.807) is 11.3 Å². The first-order chi connectivity index (χ1) is 10.4. The Morgan fingerprint density at radius 2 is 2.18 bits per heavy atom. The third-order valence-electron chi connectivity index (χ3n) is 4.26. The van der Waals surface area contributed by atoms with Crippen molar-refractivity contribution >= 4 is 17.2 Å². The minimum Gasteiger partial charge on any atom is -0.351 e. The normalized spacial score (nSPS) is 23.5. The summed E-state index contributed by atoms with van der Waals surface area (Å²) in [6.07, 6.45) is 4.72. The van der Waals surface area contributed by atoms with E-state index < -0.39 is 0 Å². The molecule has 122 valence electrons. The number of carbonyl (C=O) groups is 1. The number of rotatable bonds is 4. The second-order valence-corrected chi connectivity index (χ2v) is 8.65. The summed E-state index contributed by atoms with van der Waals surface area (Å²) in [4.78, 5) is 19.5. The van der Waals surface area contributed by atoms with E-state index in [4.69, 9.17) is 4.98 Å². The number of thiazole rings is 1. The molecule has 0 bridgehead atoms. The molecule has 2 aliphatic rings. The zero-order valence-corrected chi connectivity index (χ0v) is 14.7. The molecule has 0 radical (unpaired) electrons. The molecule has 0 aromatic carbocycles. The summed E-state index contributed by atoms with van der Waals surface area (Å²) >= 11 is 1.81. The van der Waals surface area contributed by atoms with Gasteiger partial charge in [-0.15, -0.1) is 11.3 Å². The molecule has 4 nitrogen and oxygen atoms in total. The molecule has 1 aliphatic carbocycles. The topological polar surface area (TPSA) is 45.2 Å². The van der Waals surface area contributed by atoms with Crippen molar-refractivity contribution in [1.29, 1.82) is 0 Å². The van der Waals surface area contributed by atoms with Crippen LogP contribution in [-0.2, 0) is 11.3 Å². The van der Waals surface area contributed by atoms with Crippen LogP contribution in [0.1, 0.15) is 63.1 Å². The predicted molar refractivity (Wildman–Crippen MR) is 90.0 cm³/mol. The van der Waals surface area contributed by atoms with Gasteiger partial charge in [0.2, 0.25) is 5.91 Å². The number of carbonyl (C=O) groups excluding carboxylic acids is 1. The molecule has 2 fully saturated rings. The summed E-state index contributed by atoms with van der Waals surface area (Å²) in [5, 5.41) is 6.64. The van der Waals surface area contributed by atoms with E-state index in [-0.39, 0.29) is 17.4 Å². The minimum absolute atomic E-state index is 0.120. The third kappa shape index (κ3) is 4.29. The highest BCUT2D eigenvalue weighted by Crippen LogP contribution is 2.41. The zero-order chi connectivity index (χ0) is 15.7. The molecule has 1 unspecified atom stereocenters.